The molecule has 1 amide bonds. The molecular weight excluding hydrogens is 472 g/mol. The molecule has 4 rings (SSSR count). The third-order valence-corrected chi connectivity index (χ3v) is 5.13. The van der Waals surface area contributed by atoms with Crippen LogP contribution in [-0.4, -0.2) is 47.6 Å². The topological polar surface area (TPSA) is 107 Å². The van der Waals surface area contributed by atoms with E-state index in [-0.39, 0.29) is 17.0 Å². The first-order chi connectivity index (χ1) is 16.5. The SMILES string of the molecule is CC(C)(O)C(NC(=O)c1cnn2ccc(-c3cnn(C(F)F)c3)nc12)c1ccc(OC(F)F)cc1. The number of amides is 1. The standard InChI is InChI=1S/C22H20F4N6O3/c1-22(2,34)17(12-3-5-14(6-4-12)35-21(25)26)30-19(33)15-10-28-31-8-7-16(29-18(15)31)13-9-27-32(11-13)20(23)24/h3-11,17,20-21,34H,1-2H3,(H,30,33). The van der Waals surface area contributed by atoms with Gasteiger partial charge in [0.2, 0.25) is 0 Å². The lowest BCUT2D eigenvalue weighted by molar-refractivity contribution is -0.0499. The van der Waals surface area contributed by atoms with Gasteiger partial charge in [0, 0.05) is 18.0 Å². The zero-order chi connectivity index (χ0) is 25.3. The molecule has 0 radical (unpaired) electrons. The van der Waals surface area contributed by atoms with E-state index in [4.69, 9.17) is 0 Å². The number of nitrogens with zero attached hydrogens (tertiary/aromatic N) is 5. The Bertz CT molecular complexity index is 1330. The summed E-state index contributed by atoms with van der Waals surface area (Å²) >= 11 is 0. The highest BCUT2D eigenvalue weighted by Crippen LogP contribution is 2.28. The van der Waals surface area contributed by atoms with Crippen molar-refractivity contribution in [2.24, 2.45) is 0 Å². The zero-order valence-corrected chi connectivity index (χ0v) is 18.4. The molecule has 3 aromatic heterocycles. The van der Waals surface area contributed by atoms with Crippen LogP contribution in [0.5, 0.6) is 5.75 Å². The fourth-order valence-electron chi connectivity index (χ4n) is 3.49. The molecule has 13 heteroatoms. The lowest BCUT2D eigenvalue weighted by atomic mass is 9.91. The molecule has 4 aromatic rings. The van der Waals surface area contributed by atoms with Crippen LogP contribution in [-0.2, 0) is 0 Å². The van der Waals surface area contributed by atoms with Gasteiger partial charge in [0.25, 0.3) is 5.91 Å². The van der Waals surface area contributed by atoms with Gasteiger partial charge in [-0.3, -0.25) is 4.79 Å². The van der Waals surface area contributed by atoms with Gasteiger partial charge in [0.15, 0.2) is 5.65 Å². The molecule has 1 unspecified atom stereocenters. The molecule has 0 fully saturated rings. The molecule has 35 heavy (non-hydrogen) atoms. The van der Waals surface area contributed by atoms with Crippen molar-refractivity contribution in [2.45, 2.75) is 38.7 Å². The van der Waals surface area contributed by atoms with Gasteiger partial charge in [0.1, 0.15) is 11.3 Å². The molecule has 1 aromatic carbocycles. The third kappa shape index (κ3) is 5.24. The van der Waals surface area contributed by atoms with Gasteiger partial charge in [0.05, 0.1) is 29.7 Å². The number of nitrogens with one attached hydrogen (secondary N) is 1. The van der Waals surface area contributed by atoms with Crippen LogP contribution in [0.15, 0.2) is 55.1 Å². The second kappa shape index (κ2) is 9.33. The number of halogens is 4. The summed E-state index contributed by atoms with van der Waals surface area (Å²) in [6, 6.07) is 6.11. The van der Waals surface area contributed by atoms with Gasteiger partial charge < -0.3 is 15.2 Å². The average molecular weight is 492 g/mol. The Hall–Kier alpha value is -4.00. The Morgan fingerprint density at radius 3 is 2.40 bits per heavy atom. The van der Waals surface area contributed by atoms with Crippen molar-refractivity contribution >= 4 is 11.6 Å². The Balaban J connectivity index is 1.62. The van der Waals surface area contributed by atoms with Crippen molar-refractivity contribution < 1.29 is 32.2 Å². The minimum atomic E-state index is -2.98. The number of carbonyl (C=O) groups is 1. The predicted molar refractivity (Wildman–Crippen MR) is 115 cm³/mol. The quantitative estimate of drug-likeness (QED) is 0.362. The number of hydrogen-bond donors (Lipinski definition) is 2. The van der Waals surface area contributed by atoms with Gasteiger partial charge in [-0.25, -0.2) is 14.2 Å². The number of alkyl halides is 4. The molecule has 2 N–H and O–H groups in total. The van der Waals surface area contributed by atoms with Crippen LogP contribution in [0.25, 0.3) is 16.9 Å². The van der Waals surface area contributed by atoms with E-state index in [9.17, 15) is 27.5 Å². The summed E-state index contributed by atoms with van der Waals surface area (Å²) in [7, 11) is 0. The highest BCUT2D eigenvalue weighted by atomic mass is 19.3. The third-order valence-electron chi connectivity index (χ3n) is 5.13. The molecule has 184 valence electrons. The lowest BCUT2D eigenvalue weighted by Crippen LogP contribution is -2.42. The monoisotopic (exact) mass is 492 g/mol. The fourth-order valence-corrected chi connectivity index (χ4v) is 3.49. The Kier molecular flexibility index (Phi) is 6.43. The number of fused-ring (bicyclic) bond motifs is 1. The summed E-state index contributed by atoms with van der Waals surface area (Å²) in [4.78, 5) is 17.5. The first-order valence-corrected chi connectivity index (χ1v) is 10.3. The highest BCUT2D eigenvalue weighted by molar-refractivity contribution is 6.00. The van der Waals surface area contributed by atoms with Crippen molar-refractivity contribution in [3.8, 4) is 17.0 Å². The number of aliphatic hydroxyl groups is 1. The summed E-state index contributed by atoms with van der Waals surface area (Å²) in [5.74, 6) is -0.688. The predicted octanol–water partition coefficient (Wildman–Crippen LogP) is 3.83. The summed E-state index contributed by atoms with van der Waals surface area (Å²) < 4.78 is 56.7. The Morgan fingerprint density at radius 1 is 1.09 bits per heavy atom. The van der Waals surface area contributed by atoms with E-state index in [0.717, 1.165) is 6.20 Å². The molecule has 0 aliphatic heterocycles. The van der Waals surface area contributed by atoms with E-state index in [1.807, 2.05) is 0 Å². The smallest absolute Gasteiger partial charge is 0.387 e. The zero-order valence-electron chi connectivity index (χ0n) is 18.4. The van der Waals surface area contributed by atoms with Crippen LogP contribution in [0.1, 0.15) is 42.4 Å². The number of rotatable bonds is 8. The van der Waals surface area contributed by atoms with E-state index in [2.05, 4.69) is 25.2 Å². The fraction of sp³-hybridized carbons (Fsp3) is 0.273. The maximum atomic E-state index is 13.1. The molecule has 0 aliphatic rings. The summed E-state index contributed by atoms with van der Waals surface area (Å²) in [6.45, 7) is -2.83. The lowest BCUT2D eigenvalue weighted by Gasteiger charge is -2.30. The minimum absolute atomic E-state index is 0.0694. The number of benzene rings is 1. The van der Waals surface area contributed by atoms with E-state index in [1.165, 1.54) is 67.3 Å². The van der Waals surface area contributed by atoms with Gasteiger partial charge in [-0.2, -0.15) is 27.8 Å². The van der Waals surface area contributed by atoms with Crippen LogP contribution in [0.2, 0.25) is 0 Å². The van der Waals surface area contributed by atoms with Crippen LogP contribution < -0.4 is 10.1 Å². The van der Waals surface area contributed by atoms with Gasteiger partial charge in [-0.05, 0) is 37.6 Å². The van der Waals surface area contributed by atoms with E-state index in [1.54, 1.807) is 0 Å². The summed E-state index contributed by atoms with van der Waals surface area (Å²) in [5.41, 5.74) is -0.156. The Labute approximate surface area is 196 Å². The summed E-state index contributed by atoms with van der Waals surface area (Å²) in [5, 5.41) is 21.1. The molecule has 0 saturated heterocycles. The molecular formula is C22H20F4N6O3. The molecule has 9 nitrogen and oxygen atoms in total. The van der Waals surface area contributed by atoms with Crippen molar-refractivity contribution in [1.82, 2.24) is 29.7 Å². The largest absolute Gasteiger partial charge is 0.435 e. The van der Waals surface area contributed by atoms with Gasteiger partial charge in [-0.15, -0.1) is 0 Å². The molecule has 0 spiro atoms. The van der Waals surface area contributed by atoms with Crippen LogP contribution >= 0.6 is 0 Å². The second-order valence-corrected chi connectivity index (χ2v) is 8.13. The summed E-state index contributed by atoms with van der Waals surface area (Å²) in [6.07, 6.45) is 5.16. The normalized spacial score (nSPS) is 12.9. The van der Waals surface area contributed by atoms with Crippen LogP contribution in [0.4, 0.5) is 17.6 Å². The van der Waals surface area contributed by atoms with Crippen molar-refractivity contribution in [3.63, 3.8) is 0 Å². The molecule has 0 saturated carbocycles. The van der Waals surface area contributed by atoms with Crippen molar-refractivity contribution in [2.75, 3.05) is 0 Å². The van der Waals surface area contributed by atoms with E-state index >= 15 is 0 Å². The molecule has 3 heterocycles. The Morgan fingerprint density at radius 2 is 1.80 bits per heavy atom. The number of ether oxygens (including phenoxy) is 1. The first-order valence-electron chi connectivity index (χ1n) is 10.3. The van der Waals surface area contributed by atoms with E-state index in [0.29, 0.717) is 21.5 Å². The van der Waals surface area contributed by atoms with E-state index < -0.39 is 30.7 Å². The minimum Gasteiger partial charge on any atom is -0.435 e. The average Bonchev–Trinajstić information content (AvgIpc) is 3.44. The maximum absolute atomic E-state index is 13.1. The van der Waals surface area contributed by atoms with Crippen molar-refractivity contribution in [3.05, 3.63) is 66.2 Å². The maximum Gasteiger partial charge on any atom is 0.387 e. The van der Waals surface area contributed by atoms with Gasteiger partial charge >= 0.3 is 13.2 Å². The van der Waals surface area contributed by atoms with Crippen LogP contribution in [0.3, 0.4) is 0 Å². The van der Waals surface area contributed by atoms with Crippen molar-refractivity contribution in [1.29, 1.82) is 0 Å². The number of carbonyl (C=O) groups excluding carboxylic acids is 1. The number of aromatic nitrogens is 5. The van der Waals surface area contributed by atoms with Gasteiger partial charge in [-0.1, -0.05) is 12.1 Å². The highest BCUT2D eigenvalue weighted by Gasteiger charge is 2.31. The first kappa shape index (κ1) is 24.1. The number of hydrogen-bond acceptors (Lipinski definition) is 6. The van der Waals surface area contributed by atoms with Crippen LogP contribution in [0, 0.1) is 0 Å². The second-order valence-electron chi connectivity index (χ2n) is 8.13. The molecule has 0 bridgehead atoms. The molecule has 1 atom stereocenters. The molecule has 0 aliphatic carbocycles.